The van der Waals surface area contributed by atoms with Crippen molar-refractivity contribution in [1.29, 1.82) is 0 Å². The first kappa shape index (κ1) is 20.2. The summed E-state index contributed by atoms with van der Waals surface area (Å²) in [6, 6.07) is 8.18. The van der Waals surface area contributed by atoms with Crippen LogP contribution in [0.15, 0.2) is 35.2 Å². The van der Waals surface area contributed by atoms with Crippen LogP contribution in [-0.4, -0.2) is 56.0 Å². The average molecular weight is 404 g/mol. The van der Waals surface area contributed by atoms with Gasteiger partial charge in [-0.2, -0.15) is 4.31 Å². The zero-order valence-corrected chi connectivity index (χ0v) is 17.2. The predicted octanol–water partition coefficient (Wildman–Crippen LogP) is 2.28. The lowest BCUT2D eigenvalue weighted by Crippen LogP contribution is -2.36. The summed E-state index contributed by atoms with van der Waals surface area (Å²) >= 11 is 0. The lowest BCUT2D eigenvalue weighted by Gasteiger charge is -2.26. The Hall–Kier alpha value is -2.52. The molecule has 8 nitrogen and oxygen atoms in total. The van der Waals surface area contributed by atoms with Crippen molar-refractivity contribution in [2.24, 2.45) is 0 Å². The Balaban J connectivity index is 1.82. The van der Waals surface area contributed by atoms with Gasteiger partial charge in [0, 0.05) is 32.9 Å². The van der Waals surface area contributed by atoms with E-state index < -0.39 is 15.9 Å². The highest BCUT2D eigenvalue weighted by atomic mass is 32.2. The molecule has 0 atom stereocenters. The van der Waals surface area contributed by atoms with E-state index in [0.29, 0.717) is 30.2 Å². The van der Waals surface area contributed by atoms with Gasteiger partial charge in [-0.1, -0.05) is 12.5 Å². The fraction of sp³-hybridized carbons (Fsp3) is 0.421. The first-order valence-corrected chi connectivity index (χ1v) is 10.7. The van der Waals surface area contributed by atoms with E-state index in [9.17, 15) is 13.2 Å². The van der Waals surface area contributed by atoms with Crippen molar-refractivity contribution in [3.63, 3.8) is 0 Å². The van der Waals surface area contributed by atoms with E-state index in [0.717, 1.165) is 19.3 Å². The van der Waals surface area contributed by atoms with Crippen LogP contribution in [0.3, 0.4) is 0 Å². The maximum Gasteiger partial charge on any atom is 0.276 e. The first-order valence-electron chi connectivity index (χ1n) is 9.22. The molecule has 0 spiro atoms. The second-order valence-electron chi connectivity index (χ2n) is 7.07. The molecule has 0 radical (unpaired) electrons. The van der Waals surface area contributed by atoms with Crippen LogP contribution in [0.5, 0.6) is 0 Å². The molecule has 1 aliphatic rings. The van der Waals surface area contributed by atoms with Gasteiger partial charge in [0.05, 0.1) is 4.90 Å². The number of nitrogens with zero attached hydrogens (tertiary/aromatic N) is 4. The zero-order chi connectivity index (χ0) is 20.3. The molecule has 0 bridgehead atoms. The number of hydrogen-bond acceptors (Lipinski definition) is 6. The summed E-state index contributed by atoms with van der Waals surface area (Å²) in [5.74, 6) is 0.199. The third-order valence-corrected chi connectivity index (χ3v) is 6.76. The predicted molar refractivity (Wildman–Crippen MR) is 108 cm³/mol. The largest absolute Gasteiger partial charge is 0.361 e. The molecule has 1 N–H and O–H groups in total. The minimum absolute atomic E-state index is 0.159. The van der Waals surface area contributed by atoms with Crippen molar-refractivity contribution in [3.8, 4) is 0 Å². The van der Waals surface area contributed by atoms with Gasteiger partial charge in [-0.3, -0.25) is 4.79 Å². The highest BCUT2D eigenvalue weighted by Gasteiger charge is 2.27. The van der Waals surface area contributed by atoms with Gasteiger partial charge >= 0.3 is 0 Å². The molecular formula is C19H25N5O3S. The molecule has 0 saturated carbocycles. The van der Waals surface area contributed by atoms with Gasteiger partial charge in [-0.25, -0.2) is 8.42 Å². The lowest BCUT2D eigenvalue weighted by atomic mass is 10.2. The number of carbonyl (C=O) groups is 1. The van der Waals surface area contributed by atoms with Crippen molar-refractivity contribution in [1.82, 2.24) is 14.5 Å². The minimum Gasteiger partial charge on any atom is -0.361 e. The molecule has 2 aromatic rings. The standard InChI is InChI=1S/C19H25N5O3S/c1-14-7-8-15(13-17(14)28(26,27)24-11-5-4-6-12-24)20-19(25)16-9-10-18(22-21-16)23(2)3/h7-10,13H,4-6,11-12H2,1-3H3,(H,20,25). The first-order chi connectivity index (χ1) is 13.3. The molecule has 0 aliphatic carbocycles. The molecule has 1 amide bonds. The molecule has 1 aromatic carbocycles. The van der Waals surface area contributed by atoms with Gasteiger partial charge in [0.25, 0.3) is 5.91 Å². The summed E-state index contributed by atoms with van der Waals surface area (Å²) in [6.45, 7) is 2.83. The highest BCUT2D eigenvalue weighted by Crippen LogP contribution is 2.26. The van der Waals surface area contributed by atoms with Crippen LogP contribution in [0.4, 0.5) is 11.5 Å². The SMILES string of the molecule is Cc1ccc(NC(=O)c2ccc(N(C)C)nn2)cc1S(=O)(=O)N1CCCCC1. The van der Waals surface area contributed by atoms with Crippen LogP contribution in [-0.2, 0) is 10.0 Å². The average Bonchev–Trinajstić information content (AvgIpc) is 2.70. The van der Waals surface area contributed by atoms with E-state index in [4.69, 9.17) is 0 Å². The number of piperidine rings is 1. The maximum absolute atomic E-state index is 13.0. The summed E-state index contributed by atoms with van der Waals surface area (Å²) in [5.41, 5.74) is 1.22. The van der Waals surface area contributed by atoms with E-state index >= 15 is 0 Å². The quantitative estimate of drug-likeness (QED) is 0.823. The number of rotatable bonds is 5. The van der Waals surface area contributed by atoms with E-state index in [1.54, 1.807) is 36.1 Å². The molecule has 0 unspecified atom stereocenters. The van der Waals surface area contributed by atoms with E-state index in [2.05, 4.69) is 15.5 Å². The van der Waals surface area contributed by atoms with E-state index in [-0.39, 0.29) is 10.6 Å². The summed E-state index contributed by atoms with van der Waals surface area (Å²) < 4.78 is 27.5. The highest BCUT2D eigenvalue weighted by molar-refractivity contribution is 7.89. The number of nitrogens with one attached hydrogen (secondary N) is 1. The number of aryl methyl sites for hydroxylation is 1. The molecule has 150 valence electrons. The molecule has 9 heteroatoms. The zero-order valence-electron chi connectivity index (χ0n) is 16.3. The molecule has 28 heavy (non-hydrogen) atoms. The summed E-state index contributed by atoms with van der Waals surface area (Å²) in [6.07, 6.45) is 2.79. The van der Waals surface area contributed by atoms with Gasteiger partial charge in [0.2, 0.25) is 10.0 Å². The Morgan fingerprint density at radius 1 is 1.07 bits per heavy atom. The van der Waals surface area contributed by atoms with Crippen LogP contribution >= 0.6 is 0 Å². The van der Waals surface area contributed by atoms with Gasteiger partial charge in [0.15, 0.2) is 11.5 Å². The van der Waals surface area contributed by atoms with Gasteiger partial charge in [-0.15, -0.1) is 10.2 Å². The molecule has 1 saturated heterocycles. The summed E-state index contributed by atoms with van der Waals surface area (Å²) in [5, 5.41) is 10.6. The molecule has 1 aliphatic heterocycles. The van der Waals surface area contributed by atoms with Crippen molar-refractivity contribution in [2.45, 2.75) is 31.1 Å². The van der Waals surface area contributed by atoms with Crippen LogP contribution in [0, 0.1) is 6.92 Å². The Morgan fingerprint density at radius 2 is 1.79 bits per heavy atom. The second kappa shape index (κ2) is 8.24. The van der Waals surface area contributed by atoms with Crippen molar-refractivity contribution >= 4 is 27.4 Å². The minimum atomic E-state index is -3.58. The van der Waals surface area contributed by atoms with Crippen molar-refractivity contribution in [2.75, 3.05) is 37.4 Å². The summed E-state index contributed by atoms with van der Waals surface area (Å²) in [7, 11) is 0.0852. The fourth-order valence-electron chi connectivity index (χ4n) is 3.08. The topological polar surface area (TPSA) is 95.5 Å². The number of amides is 1. The number of hydrogen-bond donors (Lipinski definition) is 1. The van der Waals surface area contributed by atoms with Gasteiger partial charge in [-0.05, 0) is 49.6 Å². The second-order valence-corrected chi connectivity index (χ2v) is 8.98. The number of anilines is 2. The third-order valence-electron chi connectivity index (χ3n) is 4.72. The van der Waals surface area contributed by atoms with Crippen LogP contribution in [0.1, 0.15) is 35.3 Å². The van der Waals surface area contributed by atoms with Crippen LogP contribution < -0.4 is 10.2 Å². The third kappa shape index (κ3) is 4.31. The van der Waals surface area contributed by atoms with Gasteiger partial charge in [0.1, 0.15) is 0 Å². The molecule has 1 aromatic heterocycles. The number of aromatic nitrogens is 2. The number of carbonyl (C=O) groups excluding carboxylic acids is 1. The Kier molecular flexibility index (Phi) is 5.95. The normalized spacial score (nSPS) is 15.2. The van der Waals surface area contributed by atoms with E-state index in [1.807, 2.05) is 14.1 Å². The van der Waals surface area contributed by atoms with Crippen LogP contribution in [0.2, 0.25) is 0 Å². The van der Waals surface area contributed by atoms with Gasteiger partial charge < -0.3 is 10.2 Å². The van der Waals surface area contributed by atoms with Crippen molar-refractivity contribution in [3.05, 3.63) is 41.6 Å². The number of sulfonamides is 1. The Labute approximate surface area is 165 Å². The Bertz CT molecular complexity index is 952. The molecular weight excluding hydrogens is 378 g/mol. The maximum atomic E-state index is 13.0. The van der Waals surface area contributed by atoms with Crippen molar-refractivity contribution < 1.29 is 13.2 Å². The smallest absolute Gasteiger partial charge is 0.276 e. The number of benzene rings is 1. The molecule has 3 rings (SSSR count). The fourth-order valence-corrected chi connectivity index (χ4v) is 4.85. The Morgan fingerprint density at radius 3 is 2.39 bits per heavy atom. The monoisotopic (exact) mass is 403 g/mol. The molecule has 1 fully saturated rings. The van der Waals surface area contributed by atoms with E-state index in [1.165, 1.54) is 10.4 Å². The lowest BCUT2D eigenvalue weighted by molar-refractivity contribution is 0.102. The molecule has 2 heterocycles. The summed E-state index contributed by atoms with van der Waals surface area (Å²) in [4.78, 5) is 14.5. The van der Waals surface area contributed by atoms with Crippen LogP contribution in [0.25, 0.3) is 0 Å².